The molecule has 1 amide bonds. The second-order valence-corrected chi connectivity index (χ2v) is 5.40. The standard InChI is InChI=1S/C14H16N2O2S/c1-10-13(19-9-15-10)8-16(2)14(18)7-11-4-3-5-12(17)6-11/h3-6,9,17H,7-8H2,1-2H3. The number of aromatic nitrogens is 1. The summed E-state index contributed by atoms with van der Waals surface area (Å²) in [5.41, 5.74) is 3.58. The maximum atomic E-state index is 12.1. The molecule has 0 bridgehead atoms. The van der Waals surface area contributed by atoms with E-state index in [1.54, 1.807) is 47.0 Å². The zero-order valence-corrected chi connectivity index (χ0v) is 11.8. The first-order chi connectivity index (χ1) is 9.06. The molecular formula is C14H16N2O2S. The largest absolute Gasteiger partial charge is 0.508 e. The van der Waals surface area contributed by atoms with E-state index in [1.165, 1.54) is 0 Å². The van der Waals surface area contributed by atoms with Crippen molar-refractivity contribution < 1.29 is 9.90 Å². The summed E-state index contributed by atoms with van der Waals surface area (Å²) in [5, 5.41) is 9.38. The van der Waals surface area contributed by atoms with E-state index in [0.717, 1.165) is 16.1 Å². The van der Waals surface area contributed by atoms with E-state index in [9.17, 15) is 9.90 Å². The van der Waals surface area contributed by atoms with Crippen molar-refractivity contribution in [3.63, 3.8) is 0 Å². The molecule has 0 fully saturated rings. The van der Waals surface area contributed by atoms with E-state index in [4.69, 9.17) is 0 Å². The monoisotopic (exact) mass is 276 g/mol. The van der Waals surface area contributed by atoms with E-state index >= 15 is 0 Å². The maximum Gasteiger partial charge on any atom is 0.227 e. The molecule has 1 aromatic heterocycles. The van der Waals surface area contributed by atoms with Crippen LogP contribution in [0.2, 0.25) is 0 Å². The smallest absolute Gasteiger partial charge is 0.227 e. The summed E-state index contributed by atoms with van der Waals surface area (Å²) >= 11 is 1.56. The van der Waals surface area contributed by atoms with Crippen molar-refractivity contribution in [2.24, 2.45) is 0 Å². The first kappa shape index (κ1) is 13.5. The minimum Gasteiger partial charge on any atom is -0.508 e. The normalized spacial score (nSPS) is 10.4. The van der Waals surface area contributed by atoms with Gasteiger partial charge in [-0.2, -0.15) is 0 Å². The number of phenolic OH excluding ortho intramolecular Hbond substituents is 1. The van der Waals surface area contributed by atoms with Gasteiger partial charge < -0.3 is 10.0 Å². The molecule has 2 aromatic rings. The second-order valence-electron chi connectivity index (χ2n) is 4.46. The lowest BCUT2D eigenvalue weighted by Gasteiger charge is -2.16. The number of amides is 1. The number of rotatable bonds is 4. The van der Waals surface area contributed by atoms with Crippen LogP contribution in [0.15, 0.2) is 29.8 Å². The molecule has 100 valence electrons. The van der Waals surface area contributed by atoms with Crippen molar-refractivity contribution in [2.75, 3.05) is 7.05 Å². The number of phenols is 1. The number of likely N-dealkylation sites (N-methyl/N-ethyl adjacent to an activating group) is 1. The molecule has 1 aromatic carbocycles. The number of thiazole rings is 1. The van der Waals surface area contributed by atoms with Gasteiger partial charge in [0, 0.05) is 11.9 Å². The van der Waals surface area contributed by atoms with Crippen LogP contribution >= 0.6 is 11.3 Å². The van der Waals surface area contributed by atoms with Crippen molar-refractivity contribution in [3.05, 3.63) is 45.9 Å². The quantitative estimate of drug-likeness (QED) is 0.932. The summed E-state index contributed by atoms with van der Waals surface area (Å²) in [6.07, 6.45) is 0.294. The fourth-order valence-electron chi connectivity index (χ4n) is 1.76. The highest BCUT2D eigenvalue weighted by Gasteiger charge is 2.12. The van der Waals surface area contributed by atoms with Gasteiger partial charge in [-0.15, -0.1) is 11.3 Å². The number of hydrogen-bond donors (Lipinski definition) is 1. The number of aromatic hydroxyl groups is 1. The summed E-state index contributed by atoms with van der Waals surface area (Å²) in [4.78, 5) is 19.1. The van der Waals surface area contributed by atoms with Gasteiger partial charge in [0.25, 0.3) is 0 Å². The van der Waals surface area contributed by atoms with Crippen LogP contribution in [0.3, 0.4) is 0 Å². The highest BCUT2D eigenvalue weighted by atomic mass is 32.1. The molecule has 0 aliphatic carbocycles. The lowest BCUT2D eigenvalue weighted by Crippen LogP contribution is -2.27. The number of benzene rings is 1. The summed E-state index contributed by atoms with van der Waals surface area (Å²) in [5.74, 6) is 0.213. The molecule has 4 nitrogen and oxygen atoms in total. The average Bonchev–Trinajstić information content (AvgIpc) is 2.75. The molecule has 1 N–H and O–H groups in total. The topological polar surface area (TPSA) is 53.4 Å². The molecule has 0 unspecified atom stereocenters. The zero-order chi connectivity index (χ0) is 13.8. The fourth-order valence-corrected chi connectivity index (χ4v) is 2.59. The molecule has 0 radical (unpaired) electrons. The van der Waals surface area contributed by atoms with Crippen molar-refractivity contribution in [3.8, 4) is 5.75 Å². The van der Waals surface area contributed by atoms with Crippen LogP contribution in [-0.2, 0) is 17.8 Å². The van der Waals surface area contributed by atoms with Crippen LogP contribution in [0, 0.1) is 6.92 Å². The highest BCUT2D eigenvalue weighted by molar-refractivity contribution is 7.09. The van der Waals surface area contributed by atoms with E-state index < -0.39 is 0 Å². The molecule has 19 heavy (non-hydrogen) atoms. The lowest BCUT2D eigenvalue weighted by atomic mass is 10.1. The summed E-state index contributed by atoms with van der Waals surface area (Å²) in [7, 11) is 1.78. The van der Waals surface area contributed by atoms with Gasteiger partial charge >= 0.3 is 0 Å². The Morgan fingerprint density at radius 3 is 2.89 bits per heavy atom. The van der Waals surface area contributed by atoms with E-state index in [0.29, 0.717) is 13.0 Å². The molecule has 0 aliphatic heterocycles. The Morgan fingerprint density at radius 1 is 1.47 bits per heavy atom. The Labute approximate surface area is 116 Å². The number of nitrogens with zero attached hydrogens (tertiary/aromatic N) is 2. The van der Waals surface area contributed by atoms with Gasteiger partial charge in [0.05, 0.1) is 24.2 Å². The van der Waals surface area contributed by atoms with Crippen LogP contribution in [0.4, 0.5) is 0 Å². The van der Waals surface area contributed by atoms with E-state index in [-0.39, 0.29) is 11.7 Å². The third-order valence-corrected chi connectivity index (χ3v) is 3.84. The average molecular weight is 276 g/mol. The van der Waals surface area contributed by atoms with Gasteiger partial charge in [0.1, 0.15) is 5.75 Å². The summed E-state index contributed by atoms with van der Waals surface area (Å²) in [6.45, 7) is 2.52. The number of carbonyl (C=O) groups excluding carboxylic acids is 1. The minimum atomic E-state index is 0.0263. The van der Waals surface area contributed by atoms with Crippen molar-refractivity contribution in [2.45, 2.75) is 19.9 Å². The van der Waals surface area contributed by atoms with Gasteiger partial charge in [-0.25, -0.2) is 4.98 Å². The van der Waals surface area contributed by atoms with Gasteiger partial charge in [-0.1, -0.05) is 12.1 Å². The first-order valence-electron chi connectivity index (χ1n) is 5.97. The van der Waals surface area contributed by atoms with E-state index in [2.05, 4.69) is 4.98 Å². The summed E-state index contributed by atoms with van der Waals surface area (Å²) in [6, 6.07) is 6.79. The van der Waals surface area contributed by atoms with E-state index in [1.807, 2.05) is 13.0 Å². The number of hydrogen-bond acceptors (Lipinski definition) is 4. The van der Waals surface area contributed by atoms with Crippen LogP contribution in [0.5, 0.6) is 5.75 Å². The molecule has 0 saturated carbocycles. The maximum absolute atomic E-state index is 12.1. The molecule has 5 heteroatoms. The van der Waals surface area contributed by atoms with Crippen LogP contribution in [0.1, 0.15) is 16.1 Å². The molecular weight excluding hydrogens is 260 g/mol. The third kappa shape index (κ3) is 3.54. The molecule has 0 atom stereocenters. The predicted octanol–water partition coefficient (Wildman–Crippen LogP) is 2.36. The zero-order valence-electron chi connectivity index (χ0n) is 11.0. The third-order valence-electron chi connectivity index (χ3n) is 2.92. The number of carbonyl (C=O) groups is 1. The predicted molar refractivity (Wildman–Crippen MR) is 75.1 cm³/mol. The molecule has 0 spiro atoms. The highest BCUT2D eigenvalue weighted by Crippen LogP contribution is 2.16. The molecule has 1 heterocycles. The molecule has 2 rings (SSSR count). The van der Waals surface area contributed by atoms with Gasteiger partial charge in [0.2, 0.25) is 5.91 Å². The van der Waals surface area contributed by atoms with Crippen molar-refractivity contribution >= 4 is 17.2 Å². The Balaban J connectivity index is 1.98. The summed E-state index contributed by atoms with van der Waals surface area (Å²) < 4.78 is 0. The van der Waals surface area contributed by atoms with Crippen LogP contribution in [0.25, 0.3) is 0 Å². The van der Waals surface area contributed by atoms with Crippen LogP contribution < -0.4 is 0 Å². The minimum absolute atomic E-state index is 0.0263. The Bertz CT molecular complexity index is 580. The Hall–Kier alpha value is -1.88. The van der Waals surface area contributed by atoms with Gasteiger partial charge in [-0.3, -0.25) is 4.79 Å². The number of aryl methyl sites for hydroxylation is 1. The Kier molecular flexibility index (Phi) is 4.16. The van der Waals surface area contributed by atoms with Crippen LogP contribution in [-0.4, -0.2) is 27.9 Å². The second kappa shape index (κ2) is 5.84. The van der Waals surface area contributed by atoms with Gasteiger partial charge in [-0.05, 0) is 24.6 Å². The fraction of sp³-hybridized carbons (Fsp3) is 0.286. The molecule has 0 saturated heterocycles. The SMILES string of the molecule is Cc1ncsc1CN(C)C(=O)Cc1cccc(O)c1. The lowest BCUT2D eigenvalue weighted by molar-refractivity contribution is -0.129. The van der Waals surface area contributed by atoms with Gasteiger partial charge in [0.15, 0.2) is 0 Å². The first-order valence-corrected chi connectivity index (χ1v) is 6.85. The van der Waals surface area contributed by atoms with Crippen molar-refractivity contribution in [1.29, 1.82) is 0 Å². The Morgan fingerprint density at radius 2 is 2.26 bits per heavy atom. The molecule has 0 aliphatic rings. The van der Waals surface area contributed by atoms with Crippen molar-refractivity contribution in [1.82, 2.24) is 9.88 Å².